The van der Waals surface area contributed by atoms with Crippen LogP contribution in [0.2, 0.25) is 0 Å². The monoisotopic (exact) mass is 501 g/mol. The third-order valence-corrected chi connectivity index (χ3v) is 7.56. The number of halogens is 3. The predicted molar refractivity (Wildman–Crippen MR) is 123 cm³/mol. The zero-order valence-corrected chi connectivity index (χ0v) is 19.8. The topological polar surface area (TPSA) is 109 Å². The first-order chi connectivity index (χ1) is 17.2. The number of amides is 1. The highest BCUT2D eigenvalue weighted by atomic mass is 19.4. The lowest BCUT2D eigenvalue weighted by Gasteiger charge is -2.42. The van der Waals surface area contributed by atoms with Crippen molar-refractivity contribution in [1.29, 1.82) is 5.26 Å². The number of rotatable bonds is 5. The first-order valence-corrected chi connectivity index (χ1v) is 12.0. The van der Waals surface area contributed by atoms with E-state index in [1.54, 1.807) is 19.3 Å². The molecule has 2 saturated heterocycles. The van der Waals surface area contributed by atoms with Crippen LogP contribution in [0.15, 0.2) is 23.1 Å². The maximum atomic E-state index is 13.4. The van der Waals surface area contributed by atoms with Crippen LogP contribution in [0.5, 0.6) is 0 Å². The number of nitriles is 1. The summed E-state index contributed by atoms with van der Waals surface area (Å²) in [6, 6.07) is 5.39. The number of alkyl halides is 3. The molecule has 3 aliphatic rings. The van der Waals surface area contributed by atoms with Gasteiger partial charge in [0.2, 0.25) is 5.91 Å². The van der Waals surface area contributed by atoms with Gasteiger partial charge >= 0.3 is 6.18 Å². The van der Waals surface area contributed by atoms with Gasteiger partial charge in [0.15, 0.2) is 0 Å². The molecular formula is C24H26F3N7O2. The van der Waals surface area contributed by atoms with Crippen LogP contribution in [0.25, 0.3) is 0 Å². The highest BCUT2D eigenvalue weighted by Crippen LogP contribution is 2.39. The highest BCUT2D eigenvalue weighted by molar-refractivity contribution is 5.78. The Labute approximate surface area is 205 Å². The standard InChI is InChI=1S/C24H26F3N7O2/c1-32(18-6-5-17-21(24(25,26)27)23(36)31-30-22(17)18)9-8-20(35)34-15-3-4-16(34)13-33(12-15)19-7-2-14(10-28)11-29-19/h2,7,11,15-16,18H,3-6,8-9,12-13H2,1H3,(H,31,36). The maximum Gasteiger partial charge on any atom is 0.422 e. The highest BCUT2D eigenvalue weighted by Gasteiger charge is 2.44. The zero-order chi connectivity index (χ0) is 25.6. The number of hydrogen-bond donors (Lipinski definition) is 1. The van der Waals surface area contributed by atoms with E-state index in [0.717, 1.165) is 18.7 Å². The Morgan fingerprint density at radius 3 is 2.58 bits per heavy atom. The number of aromatic nitrogens is 3. The molecule has 2 aromatic heterocycles. The molecule has 190 valence electrons. The quantitative estimate of drug-likeness (QED) is 0.669. The number of nitrogens with one attached hydrogen (secondary N) is 1. The molecule has 9 nitrogen and oxygen atoms in total. The number of piperazine rings is 1. The molecule has 4 heterocycles. The van der Waals surface area contributed by atoms with Crippen molar-refractivity contribution in [2.24, 2.45) is 0 Å². The number of H-pyrrole nitrogens is 1. The van der Waals surface area contributed by atoms with Crippen LogP contribution in [-0.4, -0.2) is 69.7 Å². The largest absolute Gasteiger partial charge is 0.422 e. The Hall–Kier alpha value is -3.46. The van der Waals surface area contributed by atoms with Gasteiger partial charge in [0, 0.05) is 44.3 Å². The average Bonchev–Trinajstić information content (AvgIpc) is 3.39. The van der Waals surface area contributed by atoms with Crippen molar-refractivity contribution in [2.75, 3.05) is 31.6 Å². The van der Waals surface area contributed by atoms with Crippen molar-refractivity contribution >= 4 is 11.7 Å². The summed E-state index contributed by atoms with van der Waals surface area (Å²) in [7, 11) is 1.77. The fourth-order valence-corrected chi connectivity index (χ4v) is 5.87. The maximum absolute atomic E-state index is 13.4. The first-order valence-electron chi connectivity index (χ1n) is 12.0. The molecular weight excluding hydrogens is 475 g/mol. The summed E-state index contributed by atoms with van der Waals surface area (Å²) in [4.78, 5) is 35.3. The van der Waals surface area contributed by atoms with Crippen molar-refractivity contribution < 1.29 is 18.0 Å². The number of anilines is 1. The van der Waals surface area contributed by atoms with E-state index in [1.807, 2.05) is 21.0 Å². The molecule has 36 heavy (non-hydrogen) atoms. The smallest absolute Gasteiger partial charge is 0.352 e. The Morgan fingerprint density at radius 1 is 1.25 bits per heavy atom. The number of carbonyl (C=O) groups is 1. The van der Waals surface area contributed by atoms with Gasteiger partial charge in [-0.05, 0) is 50.4 Å². The summed E-state index contributed by atoms with van der Waals surface area (Å²) < 4.78 is 40.2. The molecule has 0 aromatic carbocycles. The number of fused-ring (bicyclic) bond motifs is 3. The average molecular weight is 502 g/mol. The lowest BCUT2D eigenvalue weighted by molar-refractivity contribution is -0.139. The summed E-state index contributed by atoms with van der Waals surface area (Å²) in [5, 5.41) is 14.9. The van der Waals surface area contributed by atoms with E-state index in [-0.39, 0.29) is 48.1 Å². The number of pyridine rings is 1. The Morgan fingerprint density at radius 2 is 1.97 bits per heavy atom. The Balaban J connectivity index is 1.22. The molecule has 3 unspecified atom stereocenters. The van der Waals surface area contributed by atoms with E-state index in [4.69, 9.17) is 5.26 Å². The summed E-state index contributed by atoms with van der Waals surface area (Å²) >= 11 is 0. The van der Waals surface area contributed by atoms with E-state index in [1.165, 1.54) is 0 Å². The second kappa shape index (κ2) is 9.20. The predicted octanol–water partition coefficient (Wildman–Crippen LogP) is 2.24. The van der Waals surface area contributed by atoms with E-state index >= 15 is 0 Å². The van der Waals surface area contributed by atoms with Gasteiger partial charge in [-0.2, -0.15) is 23.5 Å². The molecule has 1 N–H and O–H groups in total. The molecule has 0 spiro atoms. The third kappa shape index (κ3) is 4.32. The molecule has 5 rings (SSSR count). The van der Waals surface area contributed by atoms with Crippen molar-refractivity contribution in [3.05, 3.63) is 51.1 Å². The lowest BCUT2D eigenvalue weighted by Crippen LogP contribution is -2.56. The Kier molecular flexibility index (Phi) is 6.20. The molecule has 1 aliphatic carbocycles. The molecule has 2 aromatic rings. The minimum absolute atomic E-state index is 0.0328. The van der Waals surface area contributed by atoms with Crippen LogP contribution in [0.4, 0.5) is 19.0 Å². The van der Waals surface area contributed by atoms with Gasteiger partial charge in [-0.3, -0.25) is 14.5 Å². The van der Waals surface area contributed by atoms with Crippen LogP contribution >= 0.6 is 0 Å². The van der Waals surface area contributed by atoms with Crippen LogP contribution < -0.4 is 10.5 Å². The van der Waals surface area contributed by atoms with Gasteiger partial charge in [0.1, 0.15) is 17.5 Å². The molecule has 12 heteroatoms. The van der Waals surface area contributed by atoms with E-state index in [2.05, 4.69) is 21.1 Å². The summed E-state index contributed by atoms with van der Waals surface area (Å²) in [6.07, 6.45) is -0.583. The van der Waals surface area contributed by atoms with Crippen LogP contribution in [0, 0.1) is 11.3 Å². The van der Waals surface area contributed by atoms with Crippen LogP contribution in [-0.2, 0) is 17.4 Å². The van der Waals surface area contributed by atoms with Gasteiger partial charge < -0.3 is 9.80 Å². The van der Waals surface area contributed by atoms with E-state index in [0.29, 0.717) is 31.6 Å². The minimum Gasteiger partial charge on any atom is -0.352 e. The number of nitrogens with zero attached hydrogens (tertiary/aromatic N) is 6. The molecule has 2 fully saturated rings. The van der Waals surface area contributed by atoms with Gasteiger partial charge in [-0.25, -0.2) is 10.1 Å². The van der Waals surface area contributed by atoms with Crippen molar-refractivity contribution in [2.45, 2.75) is 56.4 Å². The zero-order valence-electron chi connectivity index (χ0n) is 19.8. The molecule has 3 atom stereocenters. The minimum atomic E-state index is -4.74. The van der Waals surface area contributed by atoms with Gasteiger partial charge in [0.05, 0.1) is 17.3 Å². The molecule has 1 amide bonds. The van der Waals surface area contributed by atoms with E-state index < -0.39 is 17.3 Å². The molecule has 0 saturated carbocycles. The fraction of sp³-hybridized carbons (Fsp3) is 0.542. The number of aromatic amines is 1. The normalized spacial score (nSPS) is 23.2. The number of carbonyl (C=O) groups excluding carboxylic acids is 1. The van der Waals surface area contributed by atoms with Gasteiger partial charge in [-0.15, -0.1) is 0 Å². The molecule has 2 aliphatic heterocycles. The second-order valence-electron chi connectivity index (χ2n) is 9.68. The van der Waals surface area contributed by atoms with Gasteiger partial charge in [-0.1, -0.05) is 0 Å². The molecule has 0 radical (unpaired) electrons. The third-order valence-electron chi connectivity index (χ3n) is 7.56. The van der Waals surface area contributed by atoms with Crippen molar-refractivity contribution in [3.63, 3.8) is 0 Å². The summed E-state index contributed by atoms with van der Waals surface area (Å²) in [6.45, 7) is 1.72. The fourth-order valence-electron chi connectivity index (χ4n) is 5.87. The van der Waals surface area contributed by atoms with Crippen LogP contribution in [0.3, 0.4) is 0 Å². The van der Waals surface area contributed by atoms with Gasteiger partial charge in [0.25, 0.3) is 5.56 Å². The van der Waals surface area contributed by atoms with Crippen molar-refractivity contribution in [1.82, 2.24) is 25.0 Å². The van der Waals surface area contributed by atoms with E-state index in [9.17, 15) is 22.8 Å². The lowest BCUT2D eigenvalue weighted by atomic mass is 10.1. The van der Waals surface area contributed by atoms with Crippen LogP contribution in [0.1, 0.15) is 54.1 Å². The summed E-state index contributed by atoms with van der Waals surface area (Å²) in [5.74, 6) is 0.826. The molecule has 2 bridgehead atoms. The summed E-state index contributed by atoms with van der Waals surface area (Å²) in [5.41, 5.74) is -1.68. The number of hydrogen-bond acceptors (Lipinski definition) is 7. The Bertz CT molecular complexity index is 1240. The SMILES string of the molecule is CN(CCC(=O)N1C2CCC1CN(c1ccc(C#N)cn1)C2)C1CCc2c1n[nH]c(=O)c2C(F)(F)F. The first kappa shape index (κ1) is 24.2. The van der Waals surface area contributed by atoms with Crippen molar-refractivity contribution in [3.8, 4) is 6.07 Å². The second-order valence-corrected chi connectivity index (χ2v) is 9.68.